The van der Waals surface area contributed by atoms with Gasteiger partial charge in [-0.25, -0.2) is 0 Å². The largest absolute Gasteiger partial charge is 1.00 e. The molecule has 0 aromatic carbocycles. The number of hydrogen-bond donors (Lipinski definition) is 0. The Morgan fingerprint density at radius 1 is 1.00 bits per heavy atom. The van der Waals surface area contributed by atoms with Gasteiger partial charge in [0.05, 0.1) is 0 Å². The van der Waals surface area contributed by atoms with Crippen molar-refractivity contribution in [2.75, 3.05) is 6.54 Å². The smallest absolute Gasteiger partial charge is 0.343 e. The van der Waals surface area contributed by atoms with Crippen LogP contribution < -0.4 is 18.9 Å². The van der Waals surface area contributed by atoms with Crippen LogP contribution >= 0.6 is 0 Å². The summed E-state index contributed by atoms with van der Waals surface area (Å²) in [6, 6.07) is 0. The zero-order valence-corrected chi connectivity index (χ0v) is 11.7. The summed E-state index contributed by atoms with van der Waals surface area (Å²) < 4.78 is 0. The zero-order chi connectivity index (χ0) is 11.4. The fourth-order valence-corrected chi connectivity index (χ4v) is 1.65. The minimum absolute atomic E-state index is 0. The maximum absolute atomic E-state index is 4.68. The maximum atomic E-state index is 4.68. The van der Waals surface area contributed by atoms with Gasteiger partial charge < -0.3 is 6.92 Å². The molecular formula is C14H28LiN. The van der Waals surface area contributed by atoms with Gasteiger partial charge in [0, 0.05) is 12.3 Å². The number of rotatable bonds is 10. The Kier molecular flexibility index (Phi) is 17.8. The number of hydrogen-bond acceptors (Lipinski definition) is 1. The first-order valence-electron chi connectivity index (χ1n) is 6.66. The predicted octanol–water partition coefficient (Wildman–Crippen LogP) is 1.82. The van der Waals surface area contributed by atoms with Gasteiger partial charge in [0.1, 0.15) is 0 Å². The summed E-state index contributed by atoms with van der Waals surface area (Å²) in [5, 5.41) is 0. The fraction of sp³-hybridized carbons (Fsp3) is 0.857. The van der Waals surface area contributed by atoms with Crippen molar-refractivity contribution in [1.82, 2.24) is 0 Å². The predicted molar refractivity (Wildman–Crippen MR) is 70.6 cm³/mol. The summed E-state index contributed by atoms with van der Waals surface area (Å²) in [4.78, 5) is 4.68. The molecule has 0 saturated carbocycles. The van der Waals surface area contributed by atoms with E-state index in [0.717, 1.165) is 19.4 Å². The molecule has 16 heavy (non-hydrogen) atoms. The number of unbranched alkanes of at least 4 members (excludes halogenated alkanes) is 5. The van der Waals surface area contributed by atoms with Gasteiger partial charge in [-0.05, 0) is 19.3 Å². The van der Waals surface area contributed by atoms with Gasteiger partial charge in [-0.2, -0.15) is 6.42 Å². The van der Waals surface area contributed by atoms with Crippen molar-refractivity contribution >= 4 is 5.71 Å². The van der Waals surface area contributed by atoms with E-state index in [1.165, 1.54) is 50.7 Å². The minimum Gasteiger partial charge on any atom is -0.343 e. The van der Waals surface area contributed by atoms with Crippen LogP contribution in [0.3, 0.4) is 0 Å². The molecule has 0 heterocycles. The Morgan fingerprint density at radius 2 is 1.75 bits per heavy atom. The van der Waals surface area contributed by atoms with Crippen LogP contribution in [0.2, 0.25) is 0 Å². The van der Waals surface area contributed by atoms with Crippen LogP contribution in [-0.4, -0.2) is 12.3 Å². The minimum atomic E-state index is 0. The number of aliphatic imine (C=N–C) groups is 1. The SMILES string of the molecule is [CH2-]CCCCC(CC)=NCCCCCC.[Li+]. The first kappa shape index (κ1) is 18.6. The molecule has 0 saturated heterocycles. The van der Waals surface area contributed by atoms with E-state index in [1.54, 1.807) is 0 Å². The van der Waals surface area contributed by atoms with Crippen molar-refractivity contribution in [3.63, 3.8) is 0 Å². The van der Waals surface area contributed by atoms with Crippen molar-refractivity contribution in [2.45, 2.75) is 71.6 Å². The topological polar surface area (TPSA) is 12.4 Å². The van der Waals surface area contributed by atoms with Gasteiger partial charge >= 0.3 is 18.9 Å². The van der Waals surface area contributed by atoms with E-state index < -0.39 is 0 Å². The summed E-state index contributed by atoms with van der Waals surface area (Å²) in [6.45, 7) is 9.38. The van der Waals surface area contributed by atoms with Crippen LogP contribution in [0.4, 0.5) is 0 Å². The molecule has 2 heteroatoms. The van der Waals surface area contributed by atoms with Crippen LogP contribution in [0.15, 0.2) is 4.99 Å². The molecule has 0 rings (SSSR count). The van der Waals surface area contributed by atoms with Gasteiger partial charge in [-0.15, -0.1) is 0 Å². The van der Waals surface area contributed by atoms with Gasteiger partial charge in [-0.1, -0.05) is 46.0 Å². The molecule has 0 aromatic rings. The molecule has 0 fully saturated rings. The van der Waals surface area contributed by atoms with Crippen LogP contribution in [0, 0.1) is 6.92 Å². The van der Waals surface area contributed by atoms with E-state index in [2.05, 4.69) is 25.8 Å². The quantitative estimate of drug-likeness (QED) is 0.229. The molecule has 1 nitrogen and oxygen atoms in total. The summed E-state index contributed by atoms with van der Waals surface area (Å²) in [5.74, 6) is 0. The zero-order valence-electron chi connectivity index (χ0n) is 11.7. The average Bonchev–Trinajstić information content (AvgIpc) is 2.26. The first-order chi connectivity index (χ1) is 7.35. The Morgan fingerprint density at radius 3 is 2.31 bits per heavy atom. The Bertz CT molecular complexity index is 155. The molecule has 0 aliphatic carbocycles. The molecule has 0 N–H and O–H groups in total. The molecule has 0 spiro atoms. The molecular weight excluding hydrogens is 189 g/mol. The van der Waals surface area contributed by atoms with Gasteiger partial charge in [0.2, 0.25) is 0 Å². The molecule has 0 aliphatic heterocycles. The van der Waals surface area contributed by atoms with Crippen molar-refractivity contribution < 1.29 is 18.9 Å². The molecule has 0 radical (unpaired) electrons. The van der Waals surface area contributed by atoms with E-state index in [4.69, 9.17) is 0 Å². The van der Waals surface area contributed by atoms with Gasteiger partial charge in [-0.3, -0.25) is 4.99 Å². The fourth-order valence-electron chi connectivity index (χ4n) is 1.65. The summed E-state index contributed by atoms with van der Waals surface area (Å²) in [5.41, 5.74) is 1.42. The molecule has 90 valence electrons. The van der Waals surface area contributed by atoms with Crippen LogP contribution in [0.5, 0.6) is 0 Å². The summed E-state index contributed by atoms with van der Waals surface area (Å²) >= 11 is 0. The van der Waals surface area contributed by atoms with Crippen LogP contribution in [0.25, 0.3) is 0 Å². The van der Waals surface area contributed by atoms with Crippen LogP contribution in [-0.2, 0) is 0 Å². The van der Waals surface area contributed by atoms with Gasteiger partial charge in [0.25, 0.3) is 0 Å². The average molecular weight is 217 g/mol. The van der Waals surface area contributed by atoms with E-state index in [9.17, 15) is 0 Å². The standard InChI is InChI=1S/C14H28N.Li/c1-4-7-9-11-13-15-14(6-3)12-10-8-5-2;/h2,4-13H2,1,3H3;/q-1;+1. The molecule has 0 atom stereocenters. The molecule has 0 amide bonds. The van der Waals surface area contributed by atoms with Crippen molar-refractivity contribution in [3.8, 4) is 0 Å². The van der Waals surface area contributed by atoms with Crippen LogP contribution in [0.1, 0.15) is 71.6 Å². The first-order valence-corrected chi connectivity index (χ1v) is 6.66. The normalized spacial score (nSPS) is 11.3. The third kappa shape index (κ3) is 12.3. The van der Waals surface area contributed by atoms with E-state index in [-0.39, 0.29) is 18.9 Å². The van der Waals surface area contributed by atoms with E-state index >= 15 is 0 Å². The van der Waals surface area contributed by atoms with E-state index in [1.807, 2.05) is 0 Å². The Hall–Kier alpha value is 0.267. The van der Waals surface area contributed by atoms with Crippen molar-refractivity contribution in [2.24, 2.45) is 4.99 Å². The third-order valence-corrected chi connectivity index (χ3v) is 2.72. The molecule has 0 unspecified atom stereocenters. The monoisotopic (exact) mass is 217 g/mol. The van der Waals surface area contributed by atoms with Crippen molar-refractivity contribution in [1.29, 1.82) is 0 Å². The second-order valence-corrected chi connectivity index (χ2v) is 4.17. The third-order valence-electron chi connectivity index (χ3n) is 2.72. The second-order valence-electron chi connectivity index (χ2n) is 4.17. The maximum Gasteiger partial charge on any atom is 1.00 e. The van der Waals surface area contributed by atoms with E-state index in [0.29, 0.717) is 0 Å². The summed E-state index contributed by atoms with van der Waals surface area (Å²) in [6.07, 6.45) is 11.2. The molecule has 0 aliphatic rings. The van der Waals surface area contributed by atoms with Gasteiger partial charge in [0.15, 0.2) is 0 Å². The summed E-state index contributed by atoms with van der Waals surface area (Å²) in [7, 11) is 0. The number of nitrogens with zero attached hydrogens (tertiary/aromatic N) is 1. The second kappa shape index (κ2) is 15.3. The van der Waals surface area contributed by atoms with Crippen molar-refractivity contribution in [3.05, 3.63) is 6.92 Å². The Balaban J connectivity index is 0. The Labute approximate surface area is 115 Å². The molecule has 0 bridgehead atoms. The molecule has 0 aromatic heterocycles.